The fourth-order valence-electron chi connectivity index (χ4n) is 3.14. The molecule has 3 aromatic rings. The first-order valence-electron chi connectivity index (χ1n) is 7.74. The molecule has 0 radical (unpaired) electrons. The van der Waals surface area contributed by atoms with Crippen molar-refractivity contribution in [2.24, 2.45) is 0 Å². The summed E-state index contributed by atoms with van der Waals surface area (Å²) in [5, 5.41) is 8.88. The highest BCUT2D eigenvalue weighted by atomic mass is 16.2. The molecule has 1 fully saturated rings. The summed E-state index contributed by atoms with van der Waals surface area (Å²) in [7, 11) is 0. The summed E-state index contributed by atoms with van der Waals surface area (Å²) < 4.78 is 1.83. The number of hydrogen-bond acceptors (Lipinski definition) is 4. The number of nitrogens with zero attached hydrogens (tertiary/aromatic N) is 5. The Bertz CT molecular complexity index is 859. The Labute approximate surface area is 133 Å². The first kappa shape index (κ1) is 13.9. The van der Waals surface area contributed by atoms with Gasteiger partial charge in [-0.1, -0.05) is 23.4 Å². The van der Waals surface area contributed by atoms with Crippen molar-refractivity contribution in [3.8, 4) is 0 Å². The fraction of sp³-hybridized carbons (Fsp3) is 0.294. The summed E-state index contributed by atoms with van der Waals surface area (Å²) in [5.74, 6) is 0.0383. The maximum atomic E-state index is 12.9. The van der Waals surface area contributed by atoms with Crippen molar-refractivity contribution in [2.45, 2.75) is 19.4 Å². The number of amides is 1. The highest BCUT2D eigenvalue weighted by Crippen LogP contribution is 2.25. The zero-order chi connectivity index (χ0) is 15.8. The van der Waals surface area contributed by atoms with Crippen molar-refractivity contribution in [3.63, 3.8) is 0 Å². The molecule has 0 spiro atoms. The number of aryl methyl sites for hydroxylation is 1. The molecule has 3 heterocycles. The van der Waals surface area contributed by atoms with Crippen molar-refractivity contribution in [3.05, 3.63) is 54.0 Å². The molecule has 4 rings (SSSR count). The summed E-state index contributed by atoms with van der Waals surface area (Å²) in [6.45, 7) is 3.33. The number of aromatic nitrogens is 4. The van der Waals surface area contributed by atoms with Crippen LogP contribution in [0.1, 0.15) is 28.5 Å². The molecule has 0 unspecified atom stereocenters. The largest absolute Gasteiger partial charge is 0.336 e. The number of benzene rings is 1. The minimum atomic E-state index is 0.0383. The predicted octanol–water partition coefficient (Wildman–Crippen LogP) is 2.22. The lowest BCUT2D eigenvalue weighted by molar-refractivity contribution is 0.0788. The summed E-state index contributed by atoms with van der Waals surface area (Å²) in [4.78, 5) is 19.4. The van der Waals surface area contributed by atoms with Crippen molar-refractivity contribution < 1.29 is 4.79 Å². The maximum absolute atomic E-state index is 12.9. The number of fused-ring (bicyclic) bond motifs is 1. The van der Waals surface area contributed by atoms with Crippen LogP contribution in [-0.4, -0.2) is 43.9 Å². The molecule has 0 saturated carbocycles. The Balaban J connectivity index is 1.64. The molecule has 1 aliphatic rings. The lowest BCUT2D eigenvalue weighted by Gasteiger charge is -2.17. The van der Waals surface area contributed by atoms with Crippen LogP contribution in [0.3, 0.4) is 0 Å². The zero-order valence-corrected chi connectivity index (χ0v) is 12.9. The third-order valence-electron chi connectivity index (χ3n) is 4.36. The minimum absolute atomic E-state index is 0.0383. The van der Waals surface area contributed by atoms with Gasteiger partial charge in [-0.25, -0.2) is 4.68 Å². The quantitative estimate of drug-likeness (QED) is 0.728. The van der Waals surface area contributed by atoms with Crippen LogP contribution >= 0.6 is 0 Å². The number of hydrogen-bond donors (Lipinski definition) is 0. The average molecular weight is 307 g/mol. The molecule has 1 aliphatic heterocycles. The molecule has 0 aliphatic carbocycles. The second-order valence-electron chi connectivity index (χ2n) is 5.91. The second kappa shape index (κ2) is 5.46. The van der Waals surface area contributed by atoms with Crippen LogP contribution in [0.5, 0.6) is 0 Å². The van der Waals surface area contributed by atoms with Crippen LogP contribution in [0.2, 0.25) is 0 Å². The predicted molar refractivity (Wildman–Crippen MR) is 86.1 cm³/mol. The second-order valence-corrected chi connectivity index (χ2v) is 5.91. The zero-order valence-electron chi connectivity index (χ0n) is 12.9. The number of para-hydroxylation sites is 1. The van der Waals surface area contributed by atoms with E-state index in [-0.39, 0.29) is 11.9 Å². The van der Waals surface area contributed by atoms with E-state index >= 15 is 0 Å². The van der Waals surface area contributed by atoms with Crippen molar-refractivity contribution >= 4 is 16.8 Å². The molecule has 116 valence electrons. The monoisotopic (exact) mass is 307 g/mol. The number of pyridine rings is 1. The van der Waals surface area contributed by atoms with Gasteiger partial charge in [-0.05, 0) is 25.5 Å². The highest BCUT2D eigenvalue weighted by molar-refractivity contribution is 6.05. The van der Waals surface area contributed by atoms with Crippen molar-refractivity contribution in [1.82, 2.24) is 24.9 Å². The van der Waals surface area contributed by atoms with E-state index in [1.165, 1.54) is 0 Å². The molecule has 1 aromatic carbocycles. The van der Waals surface area contributed by atoms with Crippen LogP contribution in [0.15, 0.2) is 42.7 Å². The molecule has 1 saturated heterocycles. The van der Waals surface area contributed by atoms with Gasteiger partial charge in [-0.2, -0.15) is 0 Å². The summed E-state index contributed by atoms with van der Waals surface area (Å²) in [5.41, 5.74) is 2.37. The number of likely N-dealkylation sites (tertiary alicyclic amines) is 1. The van der Waals surface area contributed by atoms with Gasteiger partial charge in [0.05, 0.1) is 23.3 Å². The van der Waals surface area contributed by atoms with Gasteiger partial charge in [0.1, 0.15) is 0 Å². The number of carbonyl (C=O) groups excluding carboxylic acids is 1. The lowest BCUT2D eigenvalue weighted by Crippen LogP contribution is -2.29. The normalized spacial score (nSPS) is 17.8. The summed E-state index contributed by atoms with van der Waals surface area (Å²) in [6, 6.07) is 9.94. The van der Waals surface area contributed by atoms with Crippen LogP contribution in [0, 0.1) is 6.92 Å². The molecule has 2 aromatic heterocycles. The Hall–Kier alpha value is -2.76. The first-order chi connectivity index (χ1) is 11.2. The molecular weight excluding hydrogens is 290 g/mol. The number of carbonyl (C=O) groups is 1. The van der Waals surface area contributed by atoms with E-state index in [1.54, 1.807) is 6.20 Å². The minimum Gasteiger partial charge on any atom is -0.336 e. The molecule has 6 heteroatoms. The molecule has 23 heavy (non-hydrogen) atoms. The molecule has 0 bridgehead atoms. The maximum Gasteiger partial charge on any atom is 0.256 e. The fourth-order valence-corrected chi connectivity index (χ4v) is 3.14. The third kappa shape index (κ3) is 2.46. The van der Waals surface area contributed by atoms with Crippen LogP contribution in [0.25, 0.3) is 10.9 Å². The van der Waals surface area contributed by atoms with Gasteiger partial charge in [0.25, 0.3) is 5.91 Å². The SMILES string of the molecule is Cc1ccc2cccc(C(=O)N3CC[C@@H](n4ccnn4)C3)c2n1. The van der Waals surface area contributed by atoms with E-state index in [0.29, 0.717) is 12.1 Å². The summed E-state index contributed by atoms with van der Waals surface area (Å²) in [6.07, 6.45) is 4.41. The van der Waals surface area contributed by atoms with Gasteiger partial charge >= 0.3 is 0 Å². The van der Waals surface area contributed by atoms with E-state index in [0.717, 1.165) is 29.6 Å². The van der Waals surface area contributed by atoms with E-state index in [4.69, 9.17) is 0 Å². The Morgan fingerprint density at radius 3 is 3.00 bits per heavy atom. The summed E-state index contributed by atoms with van der Waals surface area (Å²) >= 11 is 0. The standard InChI is InChI=1S/C17H17N5O/c1-12-5-6-13-3-2-4-15(16(13)19-12)17(23)21-9-7-14(11-21)22-10-8-18-20-22/h2-6,8,10,14H,7,9,11H2,1H3/t14-/m1/s1. The number of rotatable bonds is 2. The highest BCUT2D eigenvalue weighted by Gasteiger charge is 2.29. The average Bonchev–Trinajstić information content (AvgIpc) is 3.24. The van der Waals surface area contributed by atoms with Gasteiger partial charge in [0.15, 0.2) is 0 Å². The third-order valence-corrected chi connectivity index (χ3v) is 4.36. The lowest BCUT2D eigenvalue weighted by atomic mass is 10.1. The van der Waals surface area contributed by atoms with Crippen molar-refractivity contribution in [1.29, 1.82) is 0 Å². The Kier molecular flexibility index (Phi) is 3.29. The molecule has 6 nitrogen and oxygen atoms in total. The van der Waals surface area contributed by atoms with Gasteiger partial charge in [0, 0.05) is 30.4 Å². The topological polar surface area (TPSA) is 63.9 Å². The molecule has 1 amide bonds. The van der Waals surface area contributed by atoms with Crippen LogP contribution < -0.4 is 0 Å². The molecular formula is C17H17N5O. The van der Waals surface area contributed by atoms with Crippen LogP contribution in [0.4, 0.5) is 0 Å². The molecule has 1 atom stereocenters. The van der Waals surface area contributed by atoms with Gasteiger partial charge < -0.3 is 4.90 Å². The van der Waals surface area contributed by atoms with E-state index in [1.807, 2.05) is 53.0 Å². The van der Waals surface area contributed by atoms with E-state index in [2.05, 4.69) is 15.3 Å². The van der Waals surface area contributed by atoms with Gasteiger partial charge in [0.2, 0.25) is 0 Å². The van der Waals surface area contributed by atoms with Crippen molar-refractivity contribution in [2.75, 3.05) is 13.1 Å². The van der Waals surface area contributed by atoms with Crippen LogP contribution in [-0.2, 0) is 0 Å². The van der Waals surface area contributed by atoms with E-state index in [9.17, 15) is 4.79 Å². The smallest absolute Gasteiger partial charge is 0.256 e. The van der Waals surface area contributed by atoms with E-state index < -0.39 is 0 Å². The van der Waals surface area contributed by atoms with Gasteiger partial charge in [-0.3, -0.25) is 9.78 Å². The molecule has 0 N–H and O–H groups in total. The van der Waals surface area contributed by atoms with Gasteiger partial charge in [-0.15, -0.1) is 5.10 Å². The first-order valence-corrected chi connectivity index (χ1v) is 7.74. The Morgan fingerprint density at radius 1 is 1.26 bits per heavy atom. The Morgan fingerprint density at radius 2 is 2.17 bits per heavy atom.